The van der Waals surface area contributed by atoms with E-state index in [-0.39, 0.29) is 28.5 Å². The average Bonchev–Trinajstić information content (AvgIpc) is 3.05. The van der Waals surface area contributed by atoms with Crippen molar-refractivity contribution in [1.29, 1.82) is 0 Å². The number of halogens is 3. The molecule has 0 aliphatic heterocycles. The molecule has 1 heterocycles. The maximum absolute atomic E-state index is 12.7. The van der Waals surface area contributed by atoms with E-state index in [9.17, 15) is 14.9 Å². The molecule has 7 nitrogen and oxygen atoms in total. The van der Waals surface area contributed by atoms with Crippen LogP contribution in [0.4, 0.5) is 5.82 Å². The third-order valence-electron chi connectivity index (χ3n) is 3.59. The molecular formula is C17H10BrCl2N3O4. The fraction of sp³-hybridized carbons (Fsp3) is 0.0588. The third-order valence-corrected chi connectivity index (χ3v) is 4.63. The minimum atomic E-state index is -0.787. The molecule has 0 radical (unpaired) electrons. The summed E-state index contributed by atoms with van der Waals surface area (Å²) in [6.45, 7) is 0.161. The monoisotopic (exact) mass is 469 g/mol. The van der Waals surface area contributed by atoms with Crippen LogP contribution < -0.4 is 5.32 Å². The van der Waals surface area contributed by atoms with E-state index < -0.39 is 16.6 Å². The van der Waals surface area contributed by atoms with Crippen LogP contribution in [-0.4, -0.2) is 16.0 Å². The second-order valence-electron chi connectivity index (χ2n) is 5.40. The number of aromatic nitrogens is 1. The fourth-order valence-electron chi connectivity index (χ4n) is 2.39. The molecule has 0 aliphatic carbocycles. The predicted molar refractivity (Wildman–Crippen MR) is 104 cm³/mol. The zero-order chi connectivity index (χ0) is 19.6. The van der Waals surface area contributed by atoms with Crippen molar-refractivity contribution in [3.63, 3.8) is 0 Å². The molecule has 0 bridgehead atoms. The Morgan fingerprint density at radius 2 is 2.04 bits per heavy atom. The molecule has 1 N–H and O–H groups in total. The van der Waals surface area contributed by atoms with Gasteiger partial charge in [-0.25, -0.2) is 0 Å². The Kier molecular flexibility index (Phi) is 5.79. The predicted octanol–water partition coefficient (Wildman–Crippen LogP) is 5.25. The van der Waals surface area contributed by atoms with Crippen molar-refractivity contribution in [2.75, 3.05) is 0 Å². The number of carbonyl (C=O) groups is 1. The highest BCUT2D eigenvalue weighted by molar-refractivity contribution is 9.10. The maximum atomic E-state index is 12.7. The van der Waals surface area contributed by atoms with Crippen molar-refractivity contribution in [2.24, 2.45) is 0 Å². The molecule has 3 aromatic rings. The number of nitro groups is 1. The van der Waals surface area contributed by atoms with Gasteiger partial charge in [-0.2, -0.15) is 0 Å². The summed E-state index contributed by atoms with van der Waals surface area (Å²) in [5.41, 5.74) is 0.774. The molecule has 0 atom stereocenters. The Bertz CT molecular complexity index is 1040. The molecule has 27 heavy (non-hydrogen) atoms. The zero-order valence-electron chi connectivity index (χ0n) is 13.4. The first-order valence-electron chi connectivity index (χ1n) is 7.49. The smallest absolute Gasteiger partial charge is 0.358 e. The van der Waals surface area contributed by atoms with E-state index in [1.807, 2.05) is 24.3 Å². The highest BCUT2D eigenvalue weighted by Gasteiger charge is 2.33. The van der Waals surface area contributed by atoms with Crippen LogP contribution in [0.2, 0.25) is 10.0 Å². The van der Waals surface area contributed by atoms with Gasteiger partial charge in [-0.15, -0.1) is 0 Å². The van der Waals surface area contributed by atoms with Gasteiger partial charge in [0.25, 0.3) is 5.91 Å². The van der Waals surface area contributed by atoms with Crippen LogP contribution >= 0.6 is 39.1 Å². The summed E-state index contributed by atoms with van der Waals surface area (Å²) in [6, 6.07) is 11.8. The Morgan fingerprint density at radius 1 is 1.26 bits per heavy atom. The first-order chi connectivity index (χ1) is 12.9. The topological polar surface area (TPSA) is 98.3 Å². The van der Waals surface area contributed by atoms with E-state index in [0.717, 1.165) is 10.0 Å². The lowest BCUT2D eigenvalue weighted by Gasteiger charge is -2.06. The largest absolute Gasteiger partial charge is 0.427 e. The molecule has 0 fully saturated rings. The SMILES string of the molecule is O=C(NCc1cccc(Br)c1)c1c([N+](=O)[O-])noc1-c1ccc(Cl)cc1Cl. The van der Waals surface area contributed by atoms with E-state index in [1.54, 1.807) is 0 Å². The number of hydrogen-bond acceptors (Lipinski definition) is 5. The van der Waals surface area contributed by atoms with Gasteiger partial charge in [0.2, 0.25) is 5.76 Å². The van der Waals surface area contributed by atoms with Gasteiger partial charge in [0.1, 0.15) is 0 Å². The Labute approximate surface area is 171 Å². The van der Waals surface area contributed by atoms with Gasteiger partial charge < -0.3 is 15.4 Å². The molecular weight excluding hydrogens is 461 g/mol. The fourth-order valence-corrected chi connectivity index (χ4v) is 3.33. The van der Waals surface area contributed by atoms with E-state index in [4.69, 9.17) is 27.7 Å². The molecule has 2 aromatic carbocycles. The second-order valence-corrected chi connectivity index (χ2v) is 7.16. The third kappa shape index (κ3) is 4.29. The molecule has 10 heteroatoms. The standard InChI is InChI=1S/C17H10BrCl2N3O4/c18-10-3-1-2-9(6-10)8-21-17(24)14-15(27-22-16(14)23(25)26)12-5-4-11(19)7-13(12)20/h1-7H,8H2,(H,21,24). The molecule has 0 unspecified atom stereocenters. The van der Waals surface area contributed by atoms with Crippen molar-refractivity contribution in [3.8, 4) is 11.3 Å². The van der Waals surface area contributed by atoms with Crippen LogP contribution in [0.1, 0.15) is 15.9 Å². The normalized spacial score (nSPS) is 10.6. The van der Waals surface area contributed by atoms with Crippen LogP contribution in [0.3, 0.4) is 0 Å². The number of amides is 1. The van der Waals surface area contributed by atoms with E-state index in [1.165, 1.54) is 18.2 Å². The maximum Gasteiger partial charge on any atom is 0.427 e. The van der Waals surface area contributed by atoms with E-state index in [2.05, 4.69) is 26.4 Å². The summed E-state index contributed by atoms with van der Waals surface area (Å²) >= 11 is 15.4. The molecule has 3 rings (SSSR count). The summed E-state index contributed by atoms with van der Waals surface area (Å²) in [5, 5.41) is 17.9. The molecule has 1 amide bonds. The number of rotatable bonds is 5. The number of hydrogen-bond donors (Lipinski definition) is 1. The molecule has 138 valence electrons. The second kappa shape index (κ2) is 8.08. The Morgan fingerprint density at radius 3 is 2.70 bits per heavy atom. The van der Waals surface area contributed by atoms with E-state index >= 15 is 0 Å². The lowest BCUT2D eigenvalue weighted by atomic mass is 10.1. The summed E-state index contributed by atoms with van der Waals surface area (Å²) in [7, 11) is 0. The van der Waals surface area contributed by atoms with Gasteiger partial charge in [-0.1, -0.05) is 51.3 Å². The lowest BCUT2D eigenvalue weighted by molar-refractivity contribution is -0.391. The van der Waals surface area contributed by atoms with Gasteiger partial charge >= 0.3 is 5.82 Å². The molecule has 0 spiro atoms. The summed E-state index contributed by atoms with van der Waals surface area (Å²) in [5.74, 6) is -1.50. The Balaban J connectivity index is 1.96. The van der Waals surface area contributed by atoms with Crippen LogP contribution in [-0.2, 0) is 6.54 Å². The quantitative estimate of drug-likeness (QED) is 0.405. The highest BCUT2D eigenvalue weighted by Crippen LogP contribution is 2.36. The lowest BCUT2D eigenvalue weighted by Crippen LogP contribution is -2.23. The zero-order valence-corrected chi connectivity index (χ0v) is 16.5. The molecule has 1 aromatic heterocycles. The van der Waals surface area contributed by atoms with Crippen molar-refractivity contribution in [1.82, 2.24) is 10.5 Å². The van der Waals surface area contributed by atoms with Crippen LogP contribution in [0.15, 0.2) is 51.5 Å². The molecule has 0 saturated carbocycles. The molecule has 0 aliphatic rings. The number of benzene rings is 2. The number of nitrogens with one attached hydrogen (secondary N) is 1. The van der Waals surface area contributed by atoms with Crippen molar-refractivity contribution < 1.29 is 14.2 Å². The molecule has 0 saturated heterocycles. The summed E-state index contributed by atoms with van der Waals surface area (Å²) in [6.07, 6.45) is 0. The van der Waals surface area contributed by atoms with E-state index in [0.29, 0.717) is 5.02 Å². The van der Waals surface area contributed by atoms with Gasteiger partial charge in [0, 0.05) is 21.6 Å². The summed E-state index contributed by atoms with van der Waals surface area (Å²) < 4.78 is 5.91. The highest BCUT2D eigenvalue weighted by atomic mass is 79.9. The Hall–Kier alpha value is -2.42. The van der Waals surface area contributed by atoms with Crippen molar-refractivity contribution >= 4 is 50.9 Å². The van der Waals surface area contributed by atoms with Gasteiger partial charge in [0.05, 0.1) is 5.02 Å². The average molecular weight is 471 g/mol. The van der Waals surface area contributed by atoms with Gasteiger partial charge in [-0.3, -0.25) is 9.32 Å². The number of nitrogens with zero attached hydrogens (tertiary/aromatic N) is 2. The first kappa shape index (κ1) is 19.3. The van der Waals surface area contributed by atoms with Gasteiger partial charge in [0.15, 0.2) is 10.7 Å². The van der Waals surface area contributed by atoms with Gasteiger partial charge in [-0.05, 0) is 40.8 Å². The van der Waals surface area contributed by atoms with Crippen LogP contribution in [0, 0.1) is 10.1 Å². The first-order valence-corrected chi connectivity index (χ1v) is 9.04. The number of carbonyl (C=O) groups excluding carboxylic acids is 1. The van der Waals surface area contributed by atoms with Crippen molar-refractivity contribution in [3.05, 3.63) is 78.2 Å². The summed E-state index contributed by atoms with van der Waals surface area (Å²) in [4.78, 5) is 23.1. The minimum absolute atomic E-state index is 0.102. The van der Waals surface area contributed by atoms with Crippen LogP contribution in [0.25, 0.3) is 11.3 Å². The van der Waals surface area contributed by atoms with Crippen LogP contribution in [0.5, 0.6) is 0 Å². The van der Waals surface area contributed by atoms with Crippen molar-refractivity contribution in [2.45, 2.75) is 6.54 Å². The minimum Gasteiger partial charge on any atom is -0.358 e.